The van der Waals surface area contributed by atoms with E-state index in [9.17, 15) is 14.7 Å². The first kappa shape index (κ1) is 17.4. The molecule has 2 aromatic carbocycles. The molecule has 24 heavy (non-hydrogen) atoms. The molecule has 0 aromatic heterocycles. The highest BCUT2D eigenvalue weighted by atomic mass is 16.5. The Balaban J connectivity index is 1.99. The summed E-state index contributed by atoms with van der Waals surface area (Å²) in [6, 6.07) is 15.5. The van der Waals surface area contributed by atoms with Crippen molar-refractivity contribution < 1.29 is 19.9 Å². The van der Waals surface area contributed by atoms with Gasteiger partial charge in [0.15, 0.2) is 0 Å². The summed E-state index contributed by atoms with van der Waals surface area (Å²) in [6.45, 7) is 0.396. The van der Waals surface area contributed by atoms with Crippen molar-refractivity contribution in [2.75, 3.05) is 0 Å². The Hall–Kier alpha value is -2.96. The van der Waals surface area contributed by atoms with E-state index >= 15 is 0 Å². The quantitative estimate of drug-likeness (QED) is 0.355. The number of amides is 1. The van der Waals surface area contributed by atoms with Crippen LogP contribution in [-0.2, 0) is 16.1 Å². The van der Waals surface area contributed by atoms with Crippen LogP contribution < -0.4 is 10.8 Å². The van der Waals surface area contributed by atoms with Crippen molar-refractivity contribution in [1.82, 2.24) is 10.8 Å². The maximum Gasteiger partial charge on any atom is 0.325 e. The molecule has 2 aromatic rings. The number of nitrogens with one attached hydrogen (secondary N) is 2. The number of carbonyl (C=O) groups excluding carboxylic acids is 1. The van der Waals surface area contributed by atoms with E-state index in [2.05, 4.69) is 5.32 Å². The Labute approximate surface area is 139 Å². The van der Waals surface area contributed by atoms with Gasteiger partial charge in [0.1, 0.15) is 6.04 Å². The highest BCUT2D eigenvalue weighted by Gasteiger charge is 2.18. The van der Waals surface area contributed by atoms with Gasteiger partial charge in [0.2, 0.25) is 0 Å². The molecule has 1 amide bonds. The zero-order valence-corrected chi connectivity index (χ0v) is 12.8. The molecule has 0 heterocycles. The third-order valence-electron chi connectivity index (χ3n) is 3.41. The van der Waals surface area contributed by atoms with Crippen LogP contribution in [0.4, 0.5) is 0 Å². The first-order chi connectivity index (χ1) is 11.6. The van der Waals surface area contributed by atoms with Gasteiger partial charge in [-0.15, -0.1) is 0 Å². The lowest BCUT2D eigenvalue weighted by atomic mass is 10.1. The molecule has 0 spiro atoms. The van der Waals surface area contributed by atoms with Crippen LogP contribution in [0.5, 0.6) is 0 Å². The van der Waals surface area contributed by atoms with Crippen LogP contribution in [-0.4, -0.2) is 22.2 Å². The predicted molar refractivity (Wildman–Crippen MR) is 89.1 cm³/mol. The van der Waals surface area contributed by atoms with Gasteiger partial charge in [0.25, 0.3) is 5.91 Å². The lowest BCUT2D eigenvalue weighted by Gasteiger charge is -2.15. The molecule has 0 saturated carbocycles. The van der Waals surface area contributed by atoms with E-state index in [1.807, 2.05) is 18.2 Å². The third-order valence-corrected chi connectivity index (χ3v) is 3.41. The maximum atomic E-state index is 11.4. The van der Waals surface area contributed by atoms with Gasteiger partial charge < -0.3 is 5.11 Å². The smallest absolute Gasteiger partial charge is 0.325 e. The maximum absolute atomic E-state index is 11.4. The van der Waals surface area contributed by atoms with Gasteiger partial charge in [-0.25, -0.2) is 5.48 Å². The lowest BCUT2D eigenvalue weighted by molar-refractivity contribution is -0.139. The van der Waals surface area contributed by atoms with Gasteiger partial charge in [0.05, 0.1) is 0 Å². The van der Waals surface area contributed by atoms with Gasteiger partial charge in [-0.05, 0) is 22.8 Å². The zero-order valence-electron chi connectivity index (χ0n) is 12.8. The predicted octanol–water partition coefficient (Wildman–Crippen LogP) is 2.12. The van der Waals surface area contributed by atoms with E-state index in [0.29, 0.717) is 12.1 Å². The molecule has 0 aliphatic heterocycles. The normalized spacial score (nSPS) is 12.0. The van der Waals surface area contributed by atoms with Gasteiger partial charge >= 0.3 is 5.97 Å². The molecule has 0 aliphatic carbocycles. The summed E-state index contributed by atoms with van der Waals surface area (Å²) in [7, 11) is 0. The molecular weight excluding hydrogens is 308 g/mol. The molecular formula is C18H18N2O4. The third kappa shape index (κ3) is 5.05. The second-order valence-electron chi connectivity index (χ2n) is 5.11. The Morgan fingerprint density at radius 2 is 1.71 bits per heavy atom. The summed E-state index contributed by atoms with van der Waals surface area (Å²) in [4.78, 5) is 22.3. The van der Waals surface area contributed by atoms with Crippen LogP contribution in [0.2, 0.25) is 0 Å². The van der Waals surface area contributed by atoms with E-state index in [-0.39, 0.29) is 0 Å². The first-order valence-corrected chi connectivity index (χ1v) is 7.32. The fourth-order valence-electron chi connectivity index (χ4n) is 2.17. The number of rotatable bonds is 7. The SMILES string of the molecule is O=C(/C=C/c1ccc(CN[C@@H](C(=O)O)c2ccccc2)cc1)NO. The van der Waals surface area contributed by atoms with Crippen molar-refractivity contribution in [2.24, 2.45) is 0 Å². The fourth-order valence-corrected chi connectivity index (χ4v) is 2.17. The van der Waals surface area contributed by atoms with Crippen LogP contribution >= 0.6 is 0 Å². The summed E-state index contributed by atoms with van der Waals surface area (Å²) < 4.78 is 0. The van der Waals surface area contributed by atoms with Crippen molar-refractivity contribution in [3.8, 4) is 0 Å². The molecule has 124 valence electrons. The lowest BCUT2D eigenvalue weighted by Crippen LogP contribution is -2.28. The first-order valence-electron chi connectivity index (χ1n) is 7.32. The Bertz CT molecular complexity index is 712. The van der Waals surface area contributed by atoms with Crippen LogP contribution in [0.25, 0.3) is 6.08 Å². The van der Waals surface area contributed by atoms with E-state index in [4.69, 9.17) is 5.21 Å². The topological polar surface area (TPSA) is 98.7 Å². The number of hydroxylamine groups is 1. The van der Waals surface area contributed by atoms with Crippen molar-refractivity contribution >= 4 is 18.0 Å². The standard InChI is InChI=1S/C18H18N2O4/c21-16(20-24)11-10-13-6-8-14(9-7-13)12-19-17(18(22)23)15-4-2-1-3-5-15/h1-11,17,19,24H,12H2,(H,20,21)(H,22,23)/b11-10+/t17-/m1/s1. The second kappa shape index (κ2) is 8.61. The highest BCUT2D eigenvalue weighted by Crippen LogP contribution is 2.14. The fraction of sp³-hybridized carbons (Fsp3) is 0.111. The molecule has 0 bridgehead atoms. The zero-order chi connectivity index (χ0) is 17.4. The number of carboxylic acids is 1. The van der Waals surface area contributed by atoms with Crippen molar-refractivity contribution in [1.29, 1.82) is 0 Å². The number of carboxylic acid groups (broad SMARTS) is 1. The number of benzene rings is 2. The molecule has 0 radical (unpaired) electrons. The van der Waals surface area contributed by atoms with E-state index < -0.39 is 17.9 Å². The summed E-state index contributed by atoms with van der Waals surface area (Å²) in [6.07, 6.45) is 2.77. The Kier molecular flexibility index (Phi) is 6.24. The molecule has 6 nitrogen and oxygen atoms in total. The van der Waals surface area contributed by atoms with Crippen molar-refractivity contribution in [2.45, 2.75) is 12.6 Å². The molecule has 2 rings (SSSR count). The van der Waals surface area contributed by atoms with Crippen molar-refractivity contribution in [3.05, 3.63) is 77.4 Å². The molecule has 0 fully saturated rings. The van der Waals surface area contributed by atoms with Crippen LogP contribution in [0.15, 0.2) is 60.7 Å². The van der Waals surface area contributed by atoms with E-state index in [1.165, 1.54) is 11.6 Å². The second-order valence-corrected chi connectivity index (χ2v) is 5.11. The summed E-state index contributed by atoms with van der Waals surface area (Å²) in [5, 5.41) is 20.8. The molecule has 0 unspecified atom stereocenters. The van der Waals surface area contributed by atoms with E-state index in [0.717, 1.165) is 11.1 Å². The average Bonchev–Trinajstić information content (AvgIpc) is 2.61. The van der Waals surface area contributed by atoms with Crippen LogP contribution in [0, 0.1) is 0 Å². The molecule has 4 N–H and O–H groups in total. The van der Waals surface area contributed by atoms with Crippen LogP contribution in [0.3, 0.4) is 0 Å². The number of hydrogen-bond acceptors (Lipinski definition) is 4. The van der Waals surface area contributed by atoms with Gasteiger partial charge in [-0.3, -0.25) is 20.1 Å². The van der Waals surface area contributed by atoms with Crippen molar-refractivity contribution in [3.63, 3.8) is 0 Å². The average molecular weight is 326 g/mol. The largest absolute Gasteiger partial charge is 0.480 e. The number of hydrogen-bond donors (Lipinski definition) is 4. The number of carbonyl (C=O) groups is 2. The molecule has 0 saturated heterocycles. The minimum absolute atomic E-state index is 0.396. The Morgan fingerprint density at radius 3 is 2.29 bits per heavy atom. The van der Waals surface area contributed by atoms with Gasteiger partial charge in [-0.1, -0.05) is 54.6 Å². The minimum atomic E-state index is -0.934. The highest BCUT2D eigenvalue weighted by molar-refractivity contribution is 5.90. The summed E-state index contributed by atoms with van der Waals surface area (Å²) in [5.74, 6) is -1.54. The molecule has 6 heteroatoms. The molecule has 1 atom stereocenters. The monoisotopic (exact) mass is 326 g/mol. The molecule has 0 aliphatic rings. The minimum Gasteiger partial charge on any atom is -0.480 e. The number of aliphatic carboxylic acids is 1. The summed E-state index contributed by atoms with van der Waals surface area (Å²) in [5.41, 5.74) is 3.92. The van der Waals surface area contributed by atoms with Gasteiger partial charge in [0, 0.05) is 12.6 Å². The Morgan fingerprint density at radius 1 is 1.04 bits per heavy atom. The van der Waals surface area contributed by atoms with E-state index in [1.54, 1.807) is 42.5 Å². The van der Waals surface area contributed by atoms with Crippen LogP contribution in [0.1, 0.15) is 22.7 Å². The van der Waals surface area contributed by atoms with Gasteiger partial charge in [-0.2, -0.15) is 0 Å². The summed E-state index contributed by atoms with van der Waals surface area (Å²) >= 11 is 0.